The van der Waals surface area contributed by atoms with Crippen LogP contribution in [-0.4, -0.2) is 33.0 Å². The number of nitrogens with zero attached hydrogens (tertiary/aromatic N) is 1. The zero-order chi connectivity index (χ0) is 6.20. The van der Waals surface area contributed by atoms with E-state index < -0.39 is 5.79 Å². The van der Waals surface area contributed by atoms with Crippen LogP contribution in [0.4, 0.5) is 0 Å². The third kappa shape index (κ3) is 1.42. The minimum Gasteiger partial charge on any atom is -0.364 e. The predicted molar refractivity (Wildman–Crippen MR) is 32.3 cm³/mol. The van der Waals surface area contributed by atoms with E-state index in [0.29, 0.717) is 19.5 Å². The molecule has 0 bridgehead atoms. The van der Waals surface area contributed by atoms with Crippen LogP contribution in [0, 0.1) is 0 Å². The Morgan fingerprint density at radius 2 is 2.12 bits per heavy atom. The molecule has 3 nitrogen and oxygen atoms in total. The zero-order valence-electron chi connectivity index (χ0n) is 4.34. The Labute approximate surface area is 56.3 Å². The van der Waals surface area contributed by atoms with Crippen molar-refractivity contribution >= 4 is 16.1 Å². The average Bonchev–Trinajstić information content (AvgIpc) is 1.82. The van der Waals surface area contributed by atoms with Crippen molar-refractivity contribution in [1.82, 2.24) is 3.93 Å². The maximum Gasteiger partial charge on any atom is 0.177 e. The van der Waals surface area contributed by atoms with Crippen LogP contribution in [-0.2, 0) is 0 Å². The van der Waals surface area contributed by atoms with Crippen LogP contribution in [0.3, 0.4) is 0 Å². The minimum atomic E-state index is -1.45. The summed E-state index contributed by atoms with van der Waals surface area (Å²) in [7, 11) is 0. The predicted octanol–water partition coefficient (Wildman–Crippen LogP) is -0.317. The fourth-order valence-corrected chi connectivity index (χ4v) is 1.31. The molecule has 1 saturated heterocycles. The Morgan fingerprint density at radius 1 is 1.50 bits per heavy atom. The van der Waals surface area contributed by atoms with Crippen molar-refractivity contribution < 1.29 is 10.2 Å². The number of hydrogen-bond donors (Lipinski definition) is 2. The van der Waals surface area contributed by atoms with Crippen molar-refractivity contribution in [3.63, 3.8) is 0 Å². The van der Waals surface area contributed by atoms with Crippen LogP contribution < -0.4 is 0 Å². The summed E-state index contributed by atoms with van der Waals surface area (Å²) in [5.41, 5.74) is 0. The zero-order valence-corrected chi connectivity index (χ0v) is 5.93. The van der Waals surface area contributed by atoms with Gasteiger partial charge in [0.1, 0.15) is 0 Å². The molecule has 4 heteroatoms. The Morgan fingerprint density at radius 3 is 2.25 bits per heavy atom. The SMILES string of the molecule is OC1(O)CCN(Br)C1. The van der Waals surface area contributed by atoms with Gasteiger partial charge in [0.2, 0.25) is 0 Å². The van der Waals surface area contributed by atoms with Gasteiger partial charge in [-0.2, -0.15) is 0 Å². The third-order valence-corrected chi connectivity index (χ3v) is 1.79. The molecule has 0 atom stereocenters. The van der Waals surface area contributed by atoms with E-state index in [1.54, 1.807) is 3.93 Å². The number of rotatable bonds is 0. The van der Waals surface area contributed by atoms with Gasteiger partial charge in [-0.25, -0.2) is 3.93 Å². The molecule has 0 spiro atoms. The Kier molecular flexibility index (Phi) is 1.58. The Bertz CT molecular complexity index is 96.0. The van der Waals surface area contributed by atoms with Crippen molar-refractivity contribution in [1.29, 1.82) is 0 Å². The fourth-order valence-electron chi connectivity index (χ4n) is 0.733. The summed E-state index contributed by atoms with van der Waals surface area (Å²) in [6, 6.07) is 0. The summed E-state index contributed by atoms with van der Waals surface area (Å²) in [4.78, 5) is 0. The molecule has 1 fully saturated rings. The fraction of sp³-hybridized carbons (Fsp3) is 1.00. The number of β-amino-alcohol motifs (C(OH)–C–C–N with tert-alkyl or cyclic N) is 2. The molecule has 48 valence electrons. The van der Waals surface area contributed by atoms with Crippen LogP contribution in [0.5, 0.6) is 0 Å². The first-order valence-electron chi connectivity index (χ1n) is 2.46. The molecule has 0 aromatic rings. The molecule has 1 rings (SSSR count). The van der Waals surface area contributed by atoms with Gasteiger partial charge in [0.25, 0.3) is 0 Å². The molecule has 1 heterocycles. The first-order chi connectivity index (χ1) is 3.60. The summed E-state index contributed by atoms with van der Waals surface area (Å²) in [6.07, 6.45) is 0.429. The third-order valence-electron chi connectivity index (χ3n) is 1.18. The molecule has 0 aromatic carbocycles. The van der Waals surface area contributed by atoms with E-state index in [1.807, 2.05) is 0 Å². The van der Waals surface area contributed by atoms with E-state index >= 15 is 0 Å². The highest BCUT2D eigenvalue weighted by Gasteiger charge is 2.32. The summed E-state index contributed by atoms with van der Waals surface area (Å²) in [5.74, 6) is -1.45. The van der Waals surface area contributed by atoms with E-state index in [2.05, 4.69) is 16.1 Å². The van der Waals surface area contributed by atoms with Crippen LogP contribution in [0.25, 0.3) is 0 Å². The molecule has 0 aliphatic carbocycles. The molecule has 0 saturated carbocycles. The largest absolute Gasteiger partial charge is 0.364 e. The van der Waals surface area contributed by atoms with Gasteiger partial charge in [0.05, 0.1) is 6.54 Å². The number of hydrogen-bond acceptors (Lipinski definition) is 3. The highest BCUT2D eigenvalue weighted by Crippen LogP contribution is 2.19. The van der Waals surface area contributed by atoms with Gasteiger partial charge < -0.3 is 10.2 Å². The molecule has 8 heavy (non-hydrogen) atoms. The van der Waals surface area contributed by atoms with Gasteiger partial charge in [0, 0.05) is 29.1 Å². The number of halogens is 1. The maximum atomic E-state index is 8.85. The standard InChI is InChI=1S/C4H8BrNO2/c5-6-2-1-4(7,8)3-6/h7-8H,1-3H2. The molecule has 2 N–H and O–H groups in total. The molecular formula is C4H8BrNO2. The lowest BCUT2D eigenvalue weighted by Crippen LogP contribution is -2.29. The van der Waals surface area contributed by atoms with Crippen LogP contribution in [0.15, 0.2) is 0 Å². The van der Waals surface area contributed by atoms with E-state index in [1.165, 1.54) is 0 Å². The highest BCUT2D eigenvalue weighted by atomic mass is 79.9. The Hall–Kier alpha value is 0.360. The molecule has 0 amide bonds. The quantitative estimate of drug-likeness (QED) is 0.398. The lowest BCUT2D eigenvalue weighted by Gasteiger charge is -2.11. The molecule has 1 aliphatic heterocycles. The summed E-state index contributed by atoms with van der Waals surface area (Å²) in [5, 5.41) is 17.7. The van der Waals surface area contributed by atoms with Gasteiger partial charge >= 0.3 is 0 Å². The highest BCUT2D eigenvalue weighted by molar-refractivity contribution is 9.07. The van der Waals surface area contributed by atoms with E-state index in [0.717, 1.165) is 0 Å². The van der Waals surface area contributed by atoms with Crippen molar-refractivity contribution in [3.8, 4) is 0 Å². The van der Waals surface area contributed by atoms with Crippen molar-refractivity contribution in [2.24, 2.45) is 0 Å². The lowest BCUT2D eigenvalue weighted by molar-refractivity contribution is -0.144. The second-order valence-corrected chi connectivity index (χ2v) is 3.08. The second kappa shape index (κ2) is 1.95. The van der Waals surface area contributed by atoms with Gasteiger partial charge in [-0.05, 0) is 0 Å². The van der Waals surface area contributed by atoms with Crippen molar-refractivity contribution in [2.45, 2.75) is 12.2 Å². The van der Waals surface area contributed by atoms with Gasteiger partial charge in [0.15, 0.2) is 5.79 Å². The summed E-state index contributed by atoms with van der Waals surface area (Å²) in [6.45, 7) is 1.00. The van der Waals surface area contributed by atoms with E-state index in [-0.39, 0.29) is 0 Å². The van der Waals surface area contributed by atoms with Gasteiger partial charge in [-0.1, -0.05) is 0 Å². The number of aliphatic hydroxyl groups is 2. The van der Waals surface area contributed by atoms with Crippen molar-refractivity contribution in [3.05, 3.63) is 0 Å². The molecular weight excluding hydrogens is 174 g/mol. The maximum absolute atomic E-state index is 8.85. The van der Waals surface area contributed by atoms with Crippen LogP contribution in [0.1, 0.15) is 6.42 Å². The molecule has 1 aliphatic rings. The monoisotopic (exact) mass is 181 g/mol. The topological polar surface area (TPSA) is 43.7 Å². The lowest BCUT2D eigenvalue weighted by atomic mass is 10.3. The van der Waals surface area contributed by atoms with Crippen LogP contribution >= 0.6 is 16.1 Å². The minimum absolute atomic E-state index is 0.299. The second-order valence-electron chi connectivity index (χ2n) is 2.08. The first kappa shape index (κ1) is 6.48. The smallest absolute Gasteiger partial charge is 0.177 e. The molecule has 0 unspecified atom stereocenters. The van der Waals surface area contributed by atoms with Gasteiger partial charge in [-0.15, -0.1) is 0 Å². The van der Waals surface area contributed by atoms with E-state index in [4.69, 9.17) is 10.2 Å². The average molecular weight is 182 g/mol. The normalized spacial score (nSPS) is 28.9. The first-order valence-corrected chi connectivity index (χ1v) is 3.17. The summed E-state index contributed by atoms with van der Waals surface area (Å²) < 4.78 is 1.70. The van der Waals surface area contributed by atoms with Crippen molar-refractivity contribution in [2.75, 3.05) is 13.1 Å². The molecule has 0 radical (unpaired) electrons. The van der Waals surface area contributed by atoms with Gasteiger partial charge in [-0.3, -0.25) is 0 Å². The van der Waals surface area contributed by atoms with Crippen LogP contribution in [0.2, 0.25) is 0 Å². The van der Waals surface area contributed by atoms with E-state index in [9.17, 15) is 0 Å². The molecule has 0 aromatic heterocycles. The Balaban J connectivity index is 2.44. The summed E-state index contributed by atoms with van der Waals surface area (Å²) >= 11 is 3.13.